The molecule has 1 saturated carbocycles. The Morgan fingerprint density at radius 2 is 1.86 bits per heavy atom. The van der Waals surface area contributed by atoms with E-state index in [0.29, 0.717) is 12.2 Å². The molecule has 0 aliphatic heterocycles. The first-order chi connectivity index (χ1) is 13.5. The summed E-state index contributed by atoms with van der Waals surface area (Å²) < 4.78 is 0. The molecule has 3 rings (SSSR count). The van der Waals surface area contributed by atoms with Crippen LogP contribution in [0.15, 0.2) is 54.6 Å². The van der Waals surface area contributed by atoms with E-state index in [4.69, 9.17) is 11.5 Å². The van der Waals surface area contributed by atoms with Gasteiger partial charge in [-0.05, 0) is 43.0 Å². The molecule has 1 aliphatic carbocycles. The highest BCUT2D eigenvalue weighted by Crippen LogP contribution is 2.26. The molecule has 5 N–H and O–H groups in total. The van der Waals surface area contributed by atoms with Crippen LogP contribution in [0.3, 0.4) is 0 Å². The molecule has 2 unspecified atom stereocenters. The third-order valence-corrected chi connectivity index (χ3v) is 5.13. The maximum absolute atomic E-state index is 12.6. The second-order valence-electron chi connectivity index (χ2n) is 7.47. The summed E-state index contributed by atoms with van der Waals surface area (Å²) in [5, 5.41) is 3.01. The van der Waals surface area contributed by atoms with Crippen LogP contribution in [0.4, 0.5) is 11.4 Å². The van der Waals surface area contributed by atoms with Gasteiger partial charge in [-0.3, -0.25) is 9.59 Å². The van der Waals surface area contributed by atoms with Gasteiger partial charge in [-0.25, -0.2) is 0 Å². The Hall–Kier alpha value is -2.86. The smallest absolute Gasteiger partial charge is 0.236 e. The maximum atomic E-state index is 12.6. The van der Waals surface area contributed by atoms with E-state index < -0.39 is 5.91 Å². The molecule has 1 fully saturated rings. The molecule has 2 atom stereocenters. The van der Waals surface area contributed by atoms with E-state index in [1.165, 1.54) is 0 Å². The van der Waals surface area contributed by atoms with Gasteiger partial charge in [0.1, 0.15) is 0 Å². The number of benzene rings is 2. The van der Waals surface area contributed by atoms with Gasteiger partial charge in [0.15, 0.2) is 0 Å². The van der Waals surface area contributed by atoms with Crippen LogP contribution in [0.25, 0.3) is 0 Å². The van der Waals surface area contributed by atoms with Crippen LogP contribution in [0.1, 0.15) is 31.2 Å². The highest BCUT2D eigenvalue weighted by Gasteiger charge is 2.25. The topological polar surface area (TPSA) is 101 Å². The zero-order valence-corrected chi connectivity index (χ0v) is 16.0. The van der Waals surface area contributed by atoms with Crippen molar-refractivity contribution in [3.63, 3.8) is 0 Å². The first kappa shape index (κ1) is 19.9. The number of anilines is 2. The standard InChI is InChI=1S/C22H28N4O2/c23-18-9-4-8-17(12-18)22(28)25-19-10-5-11-20(13-19)26(15-21(24)27)14-16-6-2-1-3-7-16/h1-3,5-7,10-11,13,17-18H,4,8-9,12,14-15,23H2,(H2,24,27)(H,25,28). The van der Waals surface area contributed by atoms with Crippen LogP contribution in [0.5, 0.6) is 0 Å². The van der Waals surface area contributed by atoms with Crippen molar-refractivity contribution >= 4 is 23.2 Å². The predicted molar refractivity (Wildman–Crippen MR) is 112 cm³/mol. The molecule has 2 amide bonds. The third kappa shape index (κ3) is 5.57. The highest BCUT2D eigenvalue weighted by atomic mass is 16.2. The fourth-order valence-electron chi connectivity index (χ4n) is 3.72. The summed E-state index contributed by atoms with van der Waals surface area (Å²) in [7, 11) is 0. The van der Waals surface area contributed by atoms with Crippen LogP contribution in [-0.4, -0.2) is 24.4 Å². The molecule has 0 heterocycles. The minimum absolute atomic E-state index is 0.0109. The SMILES string of the molecule is NC(=O)CN(Cc1ccccc1)c1cccc(NC(=O)C2CCCC(N)C2)c1. The van der Waals surface area contributed by atoms with Crippen LogP contribution < -0.4 is 21.7 Å². The van der Waals surface area contributed by atoms with Gasteiger partial charge < -0.3 is 21.7 Å². The van der Waals surface area contributed by atoms with E-state index >= 15 is 0 Å². The van der Waals surface area contributed by atoms with Gasteiger partial charge in [-0.1, -0.05) is 42.8 Å². The highest BCUT2D eigenvalue weighted by molar-refractivity contribution is 5.93. The van der Waals surface area contributed by atoms with Crippen molar-refractivity contribution in [1.82, 2.24) is 0 Å². The van der Waals surface area contributed by atoms with Crippen LogP contribution in [0.2, 0.25) is 0 Å². The van der Waals surface area contributed by atoms with Gasteiger partial charge in [0.05, 0.1) is 6.54 Å². The van der Waals surface area contributed by atoms with Crippen molar-refractivity contribution in [2.75, 3.05) is 16.8 Å². The number of primary amides is 1. The van der Waals surface area contributed by atoms with E-state index in [0.717, 1.165) is 36.9 Å². The molecular formula is C22H28N4O2. The lowest BCUT2D eigenvalue weighted by Gasteiger charge is -2.26. The van der Waals surface area contributed by atoms with Crippen LogP contribution >= 0.6 is 0 Å². The lowest BCUT2D eigenvalue weighted by molar-refractivity contribution is -0.121. The van der Waals surface area contributed by atoms with Crippen LogP contribution in [0, 0.1) is 5.92 Å². The molecule has 0 saturated heterocycles. The van der Waals surface area contributed by atoms with Crippen molar-refractivity contribution in [1.29, 1.82) is 0 Å². The largest absolute Gasteiger partial charge is 0.368 e. The molecule has 6 heteroatoms. The van der Waals surface area contributed by atoms with Gasteiger partial charge in [0.2, 0.25) is 11.8 Å². The van der Waals surface area contributed by atoms with E-state index in [2.05, 4.69) is 5.32 Å². The molecule has 2 aromatic carbocycles. The first-order valence-electron chi connectivity index (χ1n) is 9.75. The van der Waals surface area contributed by atoms with Crippen molar-refractivity contribution in [3.05, 3.63) is 60.2 Å². The number of hydrogen-bond acceptors (Lipinski definition) is 4. The van der Waals surface area contributed by atoms with E-state index in [1.54, 1.807) is 0 Å². The lowest BCUT2D eigenvalue weighted by Crippen LogP contribution is -2.34. The summed E-state index contributed by atoms with van der Waals surface area (Å²) in [5.74, 6) is -0.433. The summed E-state index contributed by atoms with van der Waals surface area (Å²) in [6.45, 7) is 0.655. The molecule has 2 aromatic rings. The summed E-state index contributed by atoms with van der Waals surface area (Å²) in [5.41, 5.74) is 14.1. The van der Waals surface area contributed by atoms with Crippen molar-refractivity contribution in [3.8, 4) is 0 Å². The Morgan fingerprint density at radius 3 is 2.57 bits per heavy atom. The van der Waals surface area contributed by atoms with Gasteiger partial charge in [0.25, 0.3) is 0 Å². The second-order valence-corrected chi connectivity index (χ2v) is 7.47. The van der Waals surface area contributed by atoms with Gasteiger partial charge in [-0.15, -0.1) is 0 Å². The first-order valence-corrected chi connectivity index (χ1v) is 9.75. The number of rotatable bonds is 7. The van der Waals surface area contributed by atoms with E-state index in [1.807, 2.05) is 59.5 Å². The maximum Gasteiger partial charge on any atom is 0.236 e. The Morgan fingerprint density at radius 1 is 1.07 bits per heavy atom. The van der Waals surface area contributed by atoms with Crippen molar-refractivity contribution in [2.24, 2.45) is 17.4 Å². The molecule has 1 aliphatic rings. The molecule has 0 radical (unpaired) electrons. The average Bonchev–Trinajstić information content (AvgIpc) is 2.68. The van der Waals surface area contributed by atoms with Gasteiger partial charge in [-0.2, -0.15) is 0 Å². The molecular weight excluding hydrogens is 352 g/mol. The monoisotopic (exact) mass is 380 g/mol. The number of nitrogens with one attached hydrogen (secondary N) is 1. The Balaban J connectivity index is 1.73. The molecule has 0 bridgehead atoms. The summed E-state index contributed by atoms with van der Waals surface area (Å²) in [6.07, 6.45) is 3.58. The van der Waals surface area contributed by atoms with Crippen LogP contribution in [-0.2, 0) is 16.1 Å². The van der Waals surface area contributed by atoms with E-state index in [9.17, 15) is 9.59 Å². The minimum Gasteiger partial charge on any atom is -0.368 e. The summed E-state index contributed by atoms with van der Waals surface area (Å²) >= 11 is 0. The Labute approximate surface area is 165 Å². The number of nitrogens with zero attached hydrogens (tertiary/aromatic N) is 1. The average molecular weight is 380 g/mol. The van der Waals surface area contributed by atoms with E-state index in [-0.39, 0.29) is 24.4 Å². The predicted octanol–water partition coefficient (Wildman–Crippen LogP) is 2.63. The number of nitrogens with two attached hydrogens (primary N) is 2. The van der Waals surface area contributed by atoms with Gasteiger partial charge in [0, 0.05) is 29.9 Å². The summed E-state index contributed by atoms with van der Waals surface area (Å²) in [6, 6.07) is 17.5. The number of hydrogen-bond donors (Lipinski definition) is 3. The lowest BCUT2D eigenvalue weighted by atomic mass is 9.85. The zero-order chi connectivity index (χ0) is 19.9. The molecule has 6 nitrogen and oxygen atoms in total. The fraction of sp³-hybridized carbons (Fsp3) is 0.364. The third-order valence-electron chi connectivity index (χ3n) is 5.13. The normalized spacial score (nSPS) is 19.0. The fourth-order valence-corrected chi connectivity index (χ4v) is 3.72. The second kappa shape index (κ2) is 9.37. The zero-order valence-electron chi connectivity index (χ0n) is 16.0. The molecule has 28 heavy (non-hydrogen) atoms. The Kier molecular flexibility index (Phi) is 6.66. The quantitative estimate of drug-likeness (QED) is 0.687. The molecule has 0 spiro atoms. The molecule has 148 valence electrons. The van der Waals surface area contributed by atoms with Crippen molar-refractivity contribution < 1.29 is 9.59 Å². The number of carbonyl (C=O) groups is 2. The summed E-state index contributed by atoms with van der Waals surface area (Å²) in [4.78, 5) is 26.1. The number of carbonyl (C=O) groups excluding carboxylic acids is 2. The van der Waals surface area contributed by atoms with Crippen molar-refractivity contribution in [2.45, 2.75) is 38.3 Å². The van der Waals surface area contributed by atoms with Gasteiger partial charge >= 0.3 is 0 Å². The number of amides is 2. The Bertz CT molecular complexity index is 809. The minimum atomic E-state index is -0.401. The molecule has 0 aromatic heterocycles.